The third-order valence-corrected chi connectivity index (χ3v) is 3.63. The van der Waals surface area contributed by atoms with Crippen molar-refractivity contribution in [3.63, 3.8) is 0 Å². The average Bonchev–Trinajstić information content (AvgIpc) is 3.40. The summed E-state index contributed by atoms with van der Waals surface area (Å²) >= 11 is 0. The lowest BCUT2D eigenvalue weighted by atomic mass is 10.1. The van der Waals surface area contributed by atoms with E-state index in [-0.39, 0.29) is 11.9 Å². The van der Waals surface area contributed by atoms with Crippen molar-refractivity contribution in [1.82, 2.24) is 4.98 Å². The highest BCUT2D eigenvalue weighted by molar-refractivity contribution is 6.06. The number of aromatic nitrogens is 1. The van der Waals surface area contributed by atoms with Gasteiger partial charge in [-0.05, 0) is 37.1 Å². The van der Waals surface area contributed by atoms with Gasteiger partial charge in [-0.25, -0.2) is 4.98 Å². The van der Waals surface area contributed by atoms with Crippen molar-refractivity contribution in [2.45, 2.75) is 18.9 Å². The van der Waals surface area contributed by atoms with E-state index in [1.54, 1.807) is 43.5 Å². The summed E-state index contributed by atoms with van der Waals surface area (Å²) in [4.78, 5) is 19.0. The van der Waals surface area contributed by atoms with Gasteiger partial charge in [-0.2, -0.15) is 0 Å². The van der Waals surface area contributed by atoms with E-state index in [1.165, 1.54) is 0 Å². The number of amides is 1. The third kappa shape index (κ3) is 2.88. The van der Waals surface area contributed by atoms with Crippen molar-refractivity contribution in [3.8, 4) is 11.5 Å². The van der Waals surface area contributed by atoms with E-state index in [4.69, 9.17) is 9.47 Å². The van der Waals surface area contributed by atoms with Crippen LogP contribution in [0.25, 0.3) is 0 Å². The smallest absolute Gasteiger partial charge is 0.259 e. The Morgan fingerprint density at radius 1 is 1.14 bits per heavy atom. The van der Waals surface area contributed by atoms with Gasteiger partial charge < -0.3 is 9.47 Å². The molecule has 0 atom stereocenters. The second-order valence-electron chi connectivity index (χ2n) is 5.20. The second kappa shape index (κ2) is 6.05. The van der Waals surface area contributed by atoms with E-state index in [2.05, 4.69) is 4.98 Å². The van der Waals surface area contributed by atoms with Gasteiger partial charge in [-0.15, -0.1) is 0 Å². The Morgan fingerprint density at radius 2 is 1.82 bits per heavy atom. The number of ether oxygens (including phenoxy) is 2. The Balaban J connectivity index is 1.97. The van der Waals surface area contributed by atoms with Crippen molar-refractivity contribution in [3.05, 3.63) is 48.2 Å². The zero-order chi connectivity index (χ0) is 15.5. The maximum atomic E-state index is 12.9. The number of nitrogens with zero attached hydrogens (tertiary/aromatic N) is 2. The highest BCUT2D eigenvalue weighted by atomic mass is 16.5. The van der Waals surface area contributed by atoms with Crippen LogP contribution in [0.4, 0.5) is 5.82 Å². The molecule has 1 fully saturated rings. The third-order valence-electron chi connectivity index (χ3n) is 3.63. The first-order valence-electron chi connectivity index (χ1n) is 7.20. The lowest BCUT2D eigenvalue weighted by Gasteiger charge is -2.22. The Labute approximate surface area is 129 Å². The number of hydrogen-bond donors (Lipinski definition) is 0. The van der Waals surface area contributed by atoms with E-state index in [9.17, 15) is 4.79 Å². The lowest BCUT2D eigenvalue weighted by molar-refractivity contribution is 0.0984. The predicted octanol–water partition coefficient (Wildman–Crippen LogP) is 2.91. The minimum absolute atomic E-state index is 0.0848. The molecule has 1 aliphatic carbocycles. The molecule has 0 aliphatic heterocycles. The summed E-state index contributed by atoms with van der Waals surface area (Å²) in [5.74, 6) is 1.79. The molecule has 0 bridgehead atoms. The van der Waals surface area contributed by atoms with Gasteiger partial charge >= 0.3 is 0 Å². The van der Waals surface area contributed by atoms with Crippen LogP contribution in [0.3, 0.4) is 0 Å². The molecule has 0 saturated heterocycles. The fraction of sp³-hybridized carbons (Fsp3) is 0.294. The summed E-state index contributed by atoms with van der Waals surface area (Å²) in [6, 6.07) is 11.0. The first-order valence-corrected chi connectivity index (χ1v) is 7.20. The molecule has 0 radical (unpaired) electrons. The molecule has 0 N–H and O–H groups in total. The van der Waals surface area contributed by atoms with Crippen LogP contribution in [0, 0.1) is 0 Å². The Hall–Kier alpha value is -2.56. The van der Waals surface area contributed by atoms with Gasteiger partial charge in [0.25, 0.3) is 5.91 Å². The van der Waals surface area contributed by atoms with Gasteiger partial charge in [0.1, 0.15) is 17.3 Å². The van der Waals surface area contributed by atoms with Gasteiger partial charge in [0.05, 0.1) is 14.2 Å². The predicted molar refractivity (Wildman–Crippen MR) is 83.6 cm³/mol. The fourth-order valence-electron chi connectivity index (χ4n) is 2.36. The van der Waals surface area contributed by atoms with Crippen LogP contribution in [0.1, 0.15) is 23.2 Å². The first-order chi connectivity index (χ1) is 10.7. The molecule has 1 saturated carbocycles. The van der Waals surface area contributed by atoms with Crippen LogP contribution in [-0.4, -0.2) is 31.2 Å². The second-order valence-corrected chi connectivity index (χ2v) is 5.20. The van der Waals surface area contributed by atoms with Crippen LogP contribution in [0.2, 0.25) is 0 Å². The molecular formula is C17H18N2O3. The SMILES string of the molecule is COc1cc(OC)cc(C(=O)N(c2ccccn2)C2CC2)c1. The minimum Gasteiger partial charge on any atom is -0.497 e. The normalized spacial score (nSPS) is 13.5. The number of carbonyl (C=O) groups is 1. The van der Waals surface area contributed by atoms with Crippen LogP contribution in [0.15, 0.2) is 42.6 Å². The van der Waals surface area contributed by atoms with E-state index in [0.717, 1.165) is 12.8 Å². The van der Waals surface area contributed by atoms with Crippen molar-refractivity contribution < 1.29 is 14.3 Å². The molecule has 3 rings (SSSR count). The van der Waals surface area contributed by atoms with Crippen molar-refractivity contribution in [1.29, 1.82) is 0 Å². The minimum atomic E-state index is -0.0848. The topological polar surface area (TPSA) is 51.7 Å². The number of anilines is 1. The average molecular weight is 298 g/mol. The molecule has 5 heteroatoms. The maximum absolute atomic E-state index is 12.9. The quantitative estimate of drug-likeness (QED) is 0.851. The first kappa shape index (κ1) is 14.4. The van der Waals surface area contributed by atoms with Crippen molar-refractivity contribution in [2.75, 3.05) is 19.1 Å². The van der Waals surface area contributed by atoms with Crippen LogP contribution < -0.4 is 14.4 Å². The van der Waals surface area contributed by atoms with Crippen LogP contribution in [0.5, 0.6) is 11.5 Å². The van der Waals surface area contributed by atoms with Crippen molar-refractivity contribution >= 4 is 11.7 Å². The molecule has 5 nitrogen and oxygen atoms in total. The number of rotatable bonds is 5. The number of benzene rings is 1. The molecule has 1 amide bonds. The zero-order valence-electron chi connectivity index (χ0n) is 12.7. The molecule has 1 heterocycles. The molecule has 0 spiro atoms. The molecule has 0 unspecified atom stereocenters. The van der Waals surface area contributed by atoms with Crippen molar-refractivity contribution in [2.24, 2.45) is 0 Å². The van der Waals surface area contributed by atoms with E-state index < -0.39 is 0 Å². The summed E-state index contributed by atoms with van der Waals surface area (Å²) in [6.45, 7) is 0. The molecule has 22 heavy (non-hydrogen) atoms. The van der Waals surface area contributed by atoms with Gasteiger partial charge in [0, 0.05) is 23.9 Å². The van der Waals surface area contributed by atoms with E-state index in [0.29, 0.717) is 22.9 Å². The van der Waals surface area contributed by atoms with Gasteiger partial charge in [0.15, 0.2) is 0 Å². The van der Waals surface area contributed by atoms with Gasteiger partial charge in [-0.1, -0.05) is 6.07 Å². The lowest BCUT2D eigenvalue weighted by Crippen LogP contribution is -2.33. The Morgan fingerprint density at radius 3 is 2.32 bits per heavy atom. The largest absolute Gasteiger partial charge is 0.497 e. The molecule has 1 aromatic heterocycles. The fourth-order valence-corrected chi connectivity index (χ4v) is 2.36. The molecule has 2 aromatic rings. The summed E-state index contributed by atoms with van der Waals surface area (Å²) in [7, 11) is 3.14. The Kier molecular flexibility index (Phi) is 3.96. The number of carbonyl (C=O) groups excluding carboxylic acids is 1. The maximum Gasteiger partial charge on any atom is 0.259 e. The summed E-state index contributed by atoms with van der Waals surface area (Å²) < 4.78 is 10.5. The summed E-state index contributed by atoms with van der Waals surface area (Å²) in [5.41, 5.74) is 0.536. The Bertz CT molecular complexity index is 647. The highest BCUT2D eigenvalue weighted by Crippen LogP contribution is 2.33. The monoisotopic (exact) mass is 298 g/mol. The van der Waals surface area contributed by atoms with Crippen LogP contribution >= 0.6 is 0 Å². The standard InChI is InChI=1S/C17H18N2O3/c1-21-14-9-12(10-15(11-14)22-2)17(20)19(13-6-7-13)16-5-3-4-8-18-16/h3-5,8-11,13H,6-7H2,1-2H3. The van der Waals surface area contributed by atoms with Gasteiger partial charge in [0.2, 0.25) is 0 Å². The van der Waals surface area contributed by atoms with E-state index in [1.807, 2.05) is 18.2 Å². The summed E-state index contributed by atoms with van der Waals surface area (Å²) in [5, 5.41) is 0. The summed E-state index contributed by atoms with van der Waals surface area (Å²) in [6.07, 6.45) is 3.71. The van der Waals surface area contributed by atoms with Gasteiger partial charge in [-0.3, -0.25) is 9.69 Å². The molecular weight excluding hydrogens is 280 g/mol. The molecule has 1 aromatic carbocycles. The molecule has 1 aliphatic rings. The molecule has 114 valence electrons. The van der Waals surface area contributed by atoms with Crippen LogP contribution in [-0.2, 0) is 0 Å². The number of hydrogen-bond acceptors (Lipinski definition) is 4. The highest BCUT2D eigenvalue weighted by Gasteiger charge is 2.35. The number of methoxy groups -OCH3 is 2. The van der Waals surface area contributed by atoms with E-state index >= 15 is 0 Å². The zero-order valence-corrected chi connectivity index (χ0v) is 12.7. The number of pyridine rings is 1.